The molecule has 1 unspecified atom stereocenters. The molecule has 0 saturated carbocycles. The van der Waals surface area contributed by atoms with Crippen molar-refractivity contribution < 1.29 is 9.90 Å². The van der Waals surface area contributed by atoms with Crippen LogP contribution in [-0.4, -0.2) is 30.2 Å². The molecule has 17 heavy (non-hydrogen) atoms. The van der Waals surface area contributed by atoms with Crippen molar-refractivity contribution in [2.75, 3.05) is 18.5 Å². The molecule has 0 aliphatic rings. The number of amides is 1. The number of para-hydroxylation sites is 1. The van der Waals surface area contributed by atoms with E-state index in [1.54, 1.807) is 0 Å². The highest BCUT2D eigenvalue weighted by Gasteiger charge is 2.11. The molecule has 0 aromatic heterocycles. The zero-order valence-corrected chi connectivity index (χ0v) is 10.1. The summed E-state index contributed by atoms with van der Waals surface area (Å²) in [7, 11) is 0. The number of carbonyl (C=O) groups excluding carboxylic acids is 1. The van der Waals surface area contributed by atoms with Gasteiger partial charge in [-0.3, -0.25) is 4.79 Å². The van der Waals surface area contributed by atoms with Crippen LogP contribution >= 0.6 is 0 Å². The third kappa shape index (κ3) is 5.47. The van der Waals surface area contributed by atoms with Crippen molar-refractivity contribution in [3.8, 4) is 0 Å². The molecule has 0 aliphatic carbocycles. The zero-order valence-electron chi connectivity index (χ0n) is 10.1. The number of nitrogens with one attached hydrogen (secondary N) is 2. The predicted molar refractivity (Wildman–Crippen MR) is 68.9 cm³/mol. The molecule has 1 rings (SSSR count). The summed E-state index contributed by atoms with van der Waals surface area (Å²) >= 11 is 0. The monoisotopic (exact) mass is 236 g/mol. The fraction of sp³-hybridized carbons (Fsp3) is 0.462. The molecule has 1 aromatic rings. The smallest absolute Gasteiger partial charge is 0.241 e. The molecule has 94 valence electrons. The third-order valence-corrected chi connectivity index (χ3v) is 2.47. The molecule has 0 spiro atoms. The zero-order chi connectivity index (χ0) is 12.5. The van der Waals surface area contributed by atoms with Crippen LogP contribution in [0.1, 0.15) is 19.8 Å². The highest BCUT2D eigenvalue weighted by molar-refractivity contribution is 5.94. The van der Waals surface area contributed by atoms with Gasteiger partial charge in [0, 0.05) is 12.3 Å². The van der Waals surface area contributed by atoms with E-state index < -0.39 is 0 Å². The molecule has 0 aliphatic heterocycles. The first-order valence-corrected chi connectivity index (χ1v) is 5.94. The lowest BCUT2D eigenvalue weighted by atomic mass is 10.2. The summed E-state index contributed by atoms with van der Waals surface area (Å²) in [5.74, 6) is -0.0415. The van der Waals surface area contributed by atoms with E-state index in [0.29, 0.717) is 0 Å². The van der Waals surface area contributed by atoms with E-state index in [0.717, 1.165) is 25.1 Å². The number of unbranched alkanes of at least 4 members (excludes halogenated alkanes) is 1. The lowest BCUT2D eigenvalue weighted by molar-refractivity contribution is -0.117. The molecule has 0 radical (unpaired) electrons. The van der Waals surface area contributed by atoms with Crippen molar-refractivity contribution in [3.05, 3.63) is 30.3 Å². The van der Waals surface area contributed by atoms with Gasteiger partial charge in [0.2, 0.25) is 5.91 Å². The highest BCUT2D eigenvalue weighted by atomic mass is 16.2. The number of carbonyl (C=O) groups is 1. The Morgan fingerprint density at radius 1 is 1.29 bits per heavy atom. The normalized spacial score (nSPS) is 12.1. The van der Waals surface area contributed by atoms with E-state index in [4.69, 9.17) is 5.11 Å². The van der Waals surface area contributed by atoms with E-state index in [-0.39, 0.29) is 18.6 Å². The number of rotatable bonds is 7. The predicted octanol–water partition coefficient (Wildman–Crippen LogP) is 1.38. The van der Waals surface area contributed by atoms with Gasteiger partial charge in [0.25, 0.3) is 0 Å². The van der Waals surface area contributed by atoms with Crippen molar-refractivity contribution in [3.63, 3.8) is 0 Å². The van der Waals surface area contributed by atoms with Crippen molar-refractivity contribution in [2.24, 2.45) is 0 Å². The van der Waals surface area contributed by atoms with E-state index in [1.807, 2.05) is 37.3 Å². The number of hydrogen-bond acceptors (Lipinski definition) is 3. The molecule has 4 heteroatoms. The van der Waals surface area contributed by atoms with Gasteiger partial charge in [-0.2, -0.15) is 0 Å². The second kappa shape index (κ2) is 7.81. The fourth-order valence-electron chi connectivity index (χ4n) is 1.42. The third-order valence-electron chi connectivity index (χ3n) is 2.47. The fourth-order valence-corrected chi connectivity index (χ4v) is 1.42. The Hall–Kier alpha value is -1.39. The molecule has 4 nitrogen and oxygen atoms in total. The maximum absolute atomic E-state index is 11.8. The first-order valence-electron chi connectivity index (χ1n) is 5.94. The Balaban J connectivity index is 2.27. The van der Waals surface area contributed by atoms with Crippen molar-refractivity contribution in [1.82, 2.24) is 5.32 Å². The van der Waals surface area contributed by atoms with Gasteiger partial charge in [-0.15, -0.1) is 0 Å². The number of aliphatic hydroxyl groups is 1. The SMILES string of the molecule is CC(NCCCCO)C(=O)Nc1ccccc1. The van der Waals surface area contributed by atoms with Crippen LogP contribution in [0.4, 0.5) is 5.69 Å². The van der Waals surface area contributed by atoms with Crippen molar-refractivity contribution in [1.29, 1.82) is 0 Å². The molecular formula is C13H20N2O2. The molecule has 0 fully saturated rings. The minimum Gasteiger partial charge on any atom is -0.396 e. The molecule has 0 heterocycles. The van der Waals surface area contributed by atoms with Gasteiger partial charge in [0.05, 0.1) is 6.04 Å². The van der Waals surface area contributed by atoms with Crippen LogP contribution in [0.2, 0.25) is 0 Å². The number of benzene rings is 1. The Bertz CT molecular complexity index is 327. The first-order chi connectivity index (χ1) is 8.24. The first kappa shape index (κ1) is 13.7. The van der Waals surface area contributed by atoms with Gasteiger partial charge in [-0.25, -0.2) is 0 Å². The summed E-state index contributed by atoms with van der Waals surface area (Å²) in [6, 6.07) is 9.16. The Morgan fingerprint density at radius 3 is 2.65 bits per heavy atom. The van der Waals surface area contributed by atoms with Crippen LogP contribution in [0.3, 0.4) is 0 Å². The Morgan fingerprint density at radius 2 is 2.00 bits per heavy atom. The minimum atomic E-state index is -0.228. The van der Waals surface area contributed by atoms with E-state index in [9.17, 15) is 4.79 Å². The molecule has 3 N–H and O–H groups in total. The second-order valence-corrected chi connectivity index (χ2v) is 3.96. The van der Waals surface area contributed by atoms with Crippen molar-refractivity contribution >= 4 is 11.6 Å². The standard InChI is InChI=1S/C13H20N2O2/c1-11(14-9-5-6-10-16)13(17)15-12-7-3-2-4-8-12/h2-4,7-8,11,14,16H,5-6,9-10H2,1H3,(H,15,17). The molecular weight excluding hydrogens is 216 g/mol. The summed E-state index contributed by atoms with van der Waals surface area (Å²) < 4.78 is 0. The summed E-state index contributed by atoms with van der Waals surface area (Å²) in [4.78, 5) is 11.8. The largest absolute Gasteiger partial charge is 0.396 e. The number of aliphatic hydroxyl groups excluding tert-OH is 1. The number of hydrogen-bond donors (Lipinski definition) is 3. The molecule has 0 bridgehead atoms. The van der Waals surface area contributed by atoms with Crippen LogP contribution < -0.4 is 10.6 Å². The van der Waals surface area contributed by atoms with E-state index >= 15 is 0 Å². The maximum atomic E-state index is 11.8. The van der Waals surface area contributed by atoms with E-state index in [2.05, 4.69) is 10.6 Å². The average molecular weight is 236 g/mol. The van der Waals surface area contributed by atoms with Gasteiger partial charge in [-0.1, -0.05) is 18.2 Å². The van der Waals surface area contributed by atoms with Crippen LogP contribution in [0.15, 0.2) is 30.3 Å². The van der Waals surface area contributed by atoms with Crippen molar-refractivity contribution in [2.45, 2.75) is 25.8 Å². The van der Waals surface area contributed by atoms with Crippen LogP contribution in [0.25, 0.3) is 0 Å². The summed E-state index contributed by atoms with van der Waals surface area (Å²) in [6.45, 7) is 2.77. The average Bonchev–Trinajstić information content (AvgIpc) is 2.35. The van der Waals surface area contributed by atoms with Crippen LogP contribution in [-0.2, 0) is 4.79 Å². The molecule has 0 saturated heterocycles. The molecule has 1 atom stereocenters. The second-order valence-electron chi connectivity index (χ2n) is 3.96. The van der Waals surface area contributed by atoms with Crippen LogP contribution in [0, 0.1) is 0 Å². The Labute approximate surface area is 102 Å². The minimum absolute atomic E-state index is 0.0415. The van der Waals surface area contributed by atoms with Gasteiger partial charge in [0.1, 0.15) is 0 Å². The maximum Gasteiger partial charge on any atom is 0.241 e. The van der Waals surface area contributed by atoms with Gasteiger partial charge in [-0.05, 0) is 38.4 Å². The Kier molecular flexibility index (Phi) is 6.29. The topological polar surface area (TPSA) is 61.4 Å². The van der Waals surface area contributed by atoms with Gasteiger partial charge in [0.15, 0.2) is 0 Å². The summed E-state index contributed by atoms with van der Waals surface area (Å²) in [5.41, 5.74) is 0.807. The summed E-state index contributed by atoms with van der Waals surface area (Å²) in [6.07, 6.45) is 1.64. The van der Waals surface area contributed by atoms with Crippen LogP contribution in [0.5, 0.6) is 0 Å². The van der Waals surface area contributed by atoms with E-state index in [1.165, 1.54) is 0 Å². The molecule has 1 amide bonds. The molecule has 1 aromatic carbocycles. The lowest BCUT2D eigenvalue weighted by Crippen LogP contribution is -2.38. The number of anilines is 1. The lowest BCUT2D eigenvalue weighted by Gasteiger charge is -2.13. The quantitative estimate of drug-likeness (QED) is 0.627. The summed E-state index contributed by atoms with van der Waals surface area (Å²) in [5, 5.41) is 14.6. The highest BCUT2D eigenvalue weighted by Crippen LogP contribution is 2.05. The van der Waals surface area contributed by atoms with Gasteiger partial charge >= 0.3 is 0 Å². The van der Waals surface area contributed by atoms with Gasteiger partial charge < -0.3 is 15.7 Å².